The van der Waals surface area contributed by atoms with E-state index in [0.29, 0.717) is 11.4 Å². The molecule has 4 heteroatoms. The van der Waals surface area contributed by atoms with Gasteiger partial charge in [0, 0.05) is 0 Å². The third kappa shape index (κ3) is 6.96. The monoisotopic (exact) mass is 312 g/mol. The molecule has 4 nitrogen and oxygen atoms in total. The molecule has 0 unspecified atom stereocenters. The zero-order chi connectivity index (χ0) is 17.9. The topological polar surface area (TPSA) is 49.4 Å². The van der Waals surface area contributed by atoms with Crippen molar-refractivity contribution in [3.8, 4) is 0 Å². The zero-order valence-electron chi connectivity index (χ0n) is 14.8. The van der Waals surface area contributed by atoms with Crippen LogP contribution in [0.25, 0.3) is 0 Å². The van der Waals surface area contributed by atoms with Crippen LogP contribution in [-0.4, -0.2) is 5.54 Å². The average molecular weight is 312 g/mol. The van der Waals surface area contributed by atoms with E-state index in [0.717, 1.165) is 24.1 Å². The van der Waals surface area contributed by atoms with Crippen molar-refractivity contribution < 1.29 is 0 Å². The molecule has 0 saturated heterocycles. The summed E-state index contributed by atoms with van der Waals surface area (Å²) in [7, 11) is 0. The Morgan fingerprint density at radius 1 is 0.913 bits per heavy atom. The normalized spacial score (nSPS) is 13.6. The molecule has 0 aliphatic rings. The van der Waals surface area contributed by atoms with E-state index < -0.39 is 0 Å². The summed E-state index contributed by atoms with van der Waals surface area (Å²) in [6.07, 6.45) is 8.63. The van der Waals surface area contributed by atoms with Crippen molar-refractivity contribution in [1.29, 1.82) is 0 Å². The average Bonchev–Trinajstić information content (AvgIpc) is 2.55. The summed E-state index contributed by atoms with van der Waals surface area (Å²) in [5, 5.41) is 16.7. The Morgan fingerprint density at radius 3 is 1.96 bits per heavy atom. The van der Waals surface area contributed by atoms with Crippen molar-refractivity contribution in [2.45, 2.75) is 46.1 Å². The smallest absolute Gasteiger partial charge is 0.106 e. The molecule has 0 fully saturated rings. The standard InChI is InChI=1S/C19H28N4/c1-9-16(7)19(11-3,12-4)23-21-17(8)13-14-18(10-2)22-20-15(5)6/h9-10,13-14H,1-2,5,7,11-12H2,3-4,6,8H3/b17-13+,18-14+,22-20?,23-21?. The van der Waals surface area contributed by atoms with Gasteiger partial charge in [0.05, 0.1) is 17.1 Å². The van der Waals surface area contributed by atoms with Gasteiger partial charge < -0.3 is 0 Å². The molecule has 0 aromatic rings. The van der Waals surface area contributed by atoms with Crippen LogP contribution in [0.4, 0.5) is 0 Å². The van der Waals surface area contributed by atoms with Gasteiger partial charge in [0.2, 0.25) is 0 Å². The highest BCUT2D eigenvalue weighted by Crippen LogP contribution is 2.30. The van der Waals surface area contributed by atoms with Crippen LogP contribution in [0.15, 0.2) is 93.7 Å². The van der Waals surface area contributed by atoms with Crippen molar-refractivity contribution in [1.82, 2.24) is 0 Å². The van der Waals surface area contributed by atoms with Gasteiger partial charge in [-0.05, 0) is 50.5 Å². The highest BCUT2D eigenvalue weighted by atomic mass is 15.2. The minimum atomic E-state index is -0.387. The maximum atomic E-state index is 4.50. The lowest BCUT2D eigenvalue weighted by Crippen LogP contribution is -2.25. The lowest BCUT2D eigenvalue weighted by molar-refractivity contribution is 0.455. The Balaban J connectivity index is 5.32. The number of rotatable bonds is 10. The van der Waals surface area contributed by atoms with Gasteiger partial charge in [-0.3, -0.25) is 0 Å². The fraction of sp³-hybridized carbons (Fsp3) is 0.368. The SMILES string of the molecule is C=CC(=C)C(CC)(CC)N=N/C(C)=C/C=C(\C=C)N=NC(=C)C. The Bertz CT molecular complexity index is 570. The molecule has 0 bridgehead atoms. The van der Waals surface area contributed by atoms with Gasteiger partial charge in [-0.2, -0.15) is 20.5 Å². The second-order valence-electron chi connectivity index (χ2n) is 5.21. The first-order valence-electron chi connectivity index (χ1n) is 7.68. The van der Waals surface area contributed by atoms with Gasteiger partial charge in [-0.1, -0.05) is 46.2 Å². The Kier molecular flexibility index (Phi) is 9.31. The molecule has 0 heterocycles. The second-order valence-corrected chi connectivity index (χ2v) is 5.21. The molecular formula is C19H28N4. The van der Waals surface area contributed by atoms with Gasteiger partial charge in [0.1, 0.15) is 5.54 Å². The summed E-state index contributed by atoms with van der Waals surface area (Å²) >= 11 is 0. The fourth-order valence-electron chi connectivity index (χ4n) is 1.80. The minimum absolute atomic E-state index is 0.387. The van der Waals surface area contributed by atoms with Crippen molar-refractivity contribution in [2.75, 3.05) is 0 Å². The van der Waals surface area contributed by atoms with Gasteiger partial charge in [-0.25, -0.2) is 0 Å². The first kappa shape index (κ1) is 20.6. The summed E-state index contributed by atoms with van der Waals surface area (Å²) in [5.41, 5.74) is 2.53. The molecule has 0 amide bonds. The van der Waals surface area contributed by atoms with Crippen LogP contribution in [0.3, 0.4) is 0 Å². The predicted octanol–water partition coefficient (Wildman–Crippen LogP) is 6.70. The van der Waals surface area contributed by atoms with Crippen molar-refractivity contribution in [3.63, 3.8) is 0 Å². The number of allylic oxidation sites excluding steroid dienone is 5. The maximum absolute atomic E-state index is 4.50. The predicted molar refractivity (Wildman–Crippen MR) is 99.2 cm³/mol. The Morgan fingerprint density at radius 2 is 1.52 bits per heavy atom. The highest BCUT2D eigenvalue weighted by molar-refractivity contribution is 5.27. The summed E-state index contributed by atoms with van der Waals surface area (Å²) < 4.78 is 0. The van der Waals surface area contributed by atoms with Crippen LogP contribution in [0.2, 0.25) is 0 Å². The van der Waals surface area contributed by atoms with Crippen molar-refractivity contribution in [3.05, 3.63) is 73.3 Å². The van der Waals surface area contributed by atoms with Crippen LogP contribution in [0.5, 0.6) is 0 Å². The molecule has 23 heavy (non-hydrogen) atoms. The molecule has 0 N–H and O–H groups in total. The molecule has 0 rings (SSSR count). The van der Waals surface area contributed by atoms with Gasteiger partial charge in [-0.15, -0.1) is 0 Å². The summed E-state index contributed by atoms with van der Waals surface area (Å²) in [4.78, 5) is 0. The number of nitrogens with zero attached hydrogens (tertiary/aromatic N) is 4. The Labute approximate surface area is 140 Å². The quantitative estimate of drug-likeness (QED) is 0.318. The fourth-order valence-corrected chi connectivity index (χ4v) is 1.80. The molecule has 0 aromatic heterocycles. The lowest BCUT2D eigenvalue weighted by Gasteiger charge is -2.26. The molecule has 0 spiro atoms. The molecule has 0 radical (unpaired) electrons. The van der Waals surface area contributed by atoms with E-state index in [1.165, 1.54) is 0 Å². The lowest BCUT2D eigenvalue weighted by atomic mass is 9.86. The van der Waals surface area contributed by atoms with E-state index in [2.05, 4.69) is 60.6 Å². The first-order chi connectivity index (χ1) is 10.8. The summed E-state index contributed by atoms with van der Waals surface area (Å²) in [6.45, 7) is 23.0. The van der Waals surface area contributed by atoms with Crippen molar-refractivity contribution >= 4 is 0 Å². The van der Waals surface area contributed by atoms with Gasteiger partial charge in [0.25, 0.3) is 0 Å². The van der Waals surface area contributed by atoms with E-state index >= 15 is 0 Å². The van der Waals surface area contributed by atoms with Crippen LogP contribution < -0.4 is 0 Å². The molecule has 0 aliphatic carbocycles. The van der Waals surface area contributed by atoms with E-state index in [9.17, 15) is 0 Å². The van der Waals surface area contributed by atoms with Gasteiger partial charge >= 0.3 is 0 Å². The molecule has 0 saturated carbocycles. The van der Waals surface area contributed by atoms with Crippen molar-refractivity contribution in [2.24, 2.45) is 20.5 Å². The summed E-state index contributed by atoms with van der Waals surface area (Å²) in [6, 6.07) is 0. The third-order valence-electron chi connectivity index (χ3n) is 3.45. The largest absolute Gasteiger partial charge is 0.177 e. The molecular weight excluding hydrogens is 284 g/mol. The molecule has 0 aromatic carbocycles. The Hall–Kier alpha value is -2.36. The number of hydrogen-bond acceptors (Lipinski definition) is 4. The van der Waals surface area contributed by atoms with E-state index in [1.54, 1.807) is 25.2 Å². The second kappa shape index (κ2) is 10.4. The van der Waals surface area contributed by atoms with E-state index in [-0.39, 0.29) is 5.54 Å². The third-order valence-corrected chi connectivity index (χ3v) is 3.45. The number of azo groups is 2. The molecule has 0 aliphatic heterocycles. The van der Waals surface area contributed by atoms with Crippen LogP contribution >= 0.6 is 0 Å². The maximum Gasteiger partial charge on any atom is 0.106 e. The van der Waals surface area contributed by atoms with E-state index in [1.807, 2.05) is 13.0 Å². The van der Waals surface area contributed by atoms with Crippen LogP contribution in [-0.2, 0) is 0 Å². The van der Waals surface area contributed by atoms with E-state index in [4.69, 9.17) is 0 Å². The van der Waals surface area contributed by atoms with Crippen LogP contribution in [0.1, 0.15) is 40.5 Å². The highest BCUT2D eigenvalue weighted by Gasteiger charge is 2.27. The molecule has 0 atom stereocenters. The number of hydrogen-bond donors (Lipinski definition) is 0. The van der Waals surface area contributed by atoms with Crippen LogP contribution in [0, 0.1) is 0 Å². The molecule has 124 valence electrons. The van der Waals surface area contributed by atoms with Gasteiger partial charge in [0.15, 0.2) is 0 Å². The minimum Gasteiger partial charge on any atom is -0.177 e. The first-order valence-corrected chi connectivity index (χ1v) is 7.68. The summed E-state index contributed by atoms with van der Waals surface area (Å²) in [5.74, 6) is 0. The zero-order valence-corrected chi connectivity index (χ0v) is 14.8.